The molecular weight excluding hydrogens is 592 g/mol. The van der Waals surface area contributed by atoms with Crippen molar-refractivity contribution in [1.29, 1.82) is 0 Å². The number of piperidine rings is 1. The van der Waals surface area contributed by atoms with Gasteiger partial charge < -0.3 is 20.1 Å². The van der Waals surface area contributed by atoms with Crippen LogP contribution >= 0.6 is 0 Å². The highest BCUT2D eigenvalue weighted by molar-refractivity contribution is 7.90. The Labute approximate surface area is 262 Å². The lowest BCUT2D eigenvalue weighted by Crippen LogP contribution is -2.56. The average Bonchev–Trinajstić information content (AvgIpc) is 3.04. The van der Waals surface area contributed by atoms with Gasteiger partial charge in [0.15, 0.2) is 16.4 Å². The van der Waals surface area contributed by atoms with E-state index < -0.39 is 9.84 Å². The van der Waals surface area contributed by atoms with Crippen LogP contribution in [-0.4, -0.2) is 68.2 Å². The van der Waals surface area contributed by atoms with Crippen molar-refractivity contribution >= 4 is 21.7 Å². The highest BCUT2D eigenvalue weighted by atomic mass is 32.2. The molecule has 3 aliphatic heterocycles. The summed E-state index contributed by atoms with van der Waals surface area (Å²) in [6.07, 6.45) is 4.78. The predicted octanol–water partition coefficient (Wildman–Crippen LogP) is 3.61. The van der Waals surface area contributed by atoms with Crippen molar-refractivity contribution < 1.29 is 27.5 Å². The third kappa shape index (κ3) is 7.68. The minimum atomic E-state index is -3.28. The van der Waals surface area contributed by atoms with E-state index in [2.05, 4.69) is 20.5 Å². The van der Waals surface area contributed by atoms with E-state index in [-0.39, 0.29) is 35.5 Å². The molecule has 1 fully saturated rings. The summed E-state index contributed by atoms with van der Waals surface area (Å²) >= 11 is 0. The molecule has 7 rings (SSSR count). The largest absolute Gasteiger partial charge is 0.488 e. The van der Waals surface area contributed by atoms with Crippen LogP contribution in [0, 0.1) is 0 Å². The fourth-order valence-corrected chi connectivity index (χ4v) is 6.15. The van der Waals surface area contributed by atoms with E-state index in [4.69, 9.17) is 9.47 Å². The van der Waals surface area contributed by atoms with E-state index in [1.807, 2.05) is 54.6 Å². The fourth-order valence-electron chi connectivity index (χ4n) is 5.52. The van der Waals surface area contributed by atoms with E-state index in [9.17, 15) is 18.0 Å². The molecule has 45 heavy (non-hydrogen) atoms. The Kier molecular flexibility index (Phi) is 8.81. The molecule has 4 heterocycles. The molecular formula is C34H34N4O6S. The molecule has 0 spiro atoms. The summed E-state index contributed by atoms with van der Waals surface area (Å²) in [4.78, 5) is 32.9. The Balaban J connectivity index is 1.27. The SMILES string of the molecule is CS(=O)(=O)c1ccc(CN2CC[C@@H]3Oc4ccc(cc4)CNC(=O)COc4cccc(c4)-c4cncc(c4)C(=O)N[C@@H]3C2)cc1. The van der Waals surface area contributed by atoms with Crippen LogP contribution in [0.5, 0.6) is 11.5 Å². The van der Waals surface area contributed by atoms with Gasteiger partial charge in [-0.2, -0.15) is 0 Å². The van der Waals surface area contributed by atoms with Crippen LogP contribution < -0.4 is 20.1 Å². The van der Waals surface area contributed by atoms with Crippen molar-refractivity contribution in [2.75, 3.05) is 26.0 Å². The third-order valence-corrected chi connectivity index (χ3v) is 9.07. The standard InChI is InChI=1S/C34H34N4O6S/c1-45(41,42)30-11-7-24(8-12-30)20-38-14-13-32-31(21-38)37-34(40)27-15-26(18-35-19-27)25-3-2-4-29(16-25)43-22-33(39)36-17-23-5-9-28(44-32)10-6-23/h2-12,15-16,18-19,31-32H,13-14,17,20-22H2,1H3,(H,36,39)(H,37,40)/t31-,32+/m1/s1. The first kappa shape index (κ1) is 30.3. The van der Waals surface area contributed by atoms with Crippen LogP contribution in [0.2, 0.25) is 0 Å². The van der Waals surface area contributed by atoms with Gasteiger partial charge in [0.2, 0.25) is 0 Å². The van der Waals surface area contributed by atoms with Crippen LogP contribution in [0.25, 0.3) is 11.1 Å². The maximum atomic E-state index is 13.6. The summed E-state index contributed by atoms with van der Waals surface area (Å²) in [5.41, 5.74) is 3.84. The van der Waals surface area contributed by atoms with Gasteiger partial charge in [-0.25, -0.2) is 8.42 Å². The summed E-state index contributed by atoms with van der Waals surface area (Å²) in [5, 5.41) is 6.08. The number of carbonyl (C=O) groups excluding carboxylic acids is 2. The molecule has 232 valence electrons. The molecule has 2 amide bonds. The second-order valence-corrected chi connectivity index (χ2v) is 13.4. The predicted molar refractivity (Wildman–Crippen MR) is 169 cm³/mol. The smallest absolute Gasteiger partial charge is 0.258 e. The topological polar surface area (TPSA) is 127 Å². The zero-order valence-corrected chi connectivity index (χ0v) is 25.6. The Morgan fingerprint density at radius 3 is 2.47 bits per heavy atom. The first-order valence-electron chi connectivity index (χ1n) is 14.7. The van der Waals surface area contributed by atoms with Gasteiger partial charge in [0, 0.05) is 50.4 Å². The third-order valence-electron chi connectivity index (χ3n) is 7.95. The number of carbonyl (C=O) groups is 2. The molecule has 0 saturated carbocycles. The highest BCUT2D eigenvalue weighted by Crippen LogP contribution is 2.26. The van der Waals surface area contributed by atoms with Gasteiger partial charge in [-0.3, -0.25) is 19.5 Å². The molecule has 1 saturated heterocycles. The van der Waals surface area contributed by atoms with E-state index in [0.29, 0.717) is 43.1 Å². The van der Waals surface area contributed by atoms with Gasteiger partial charge in [0.1, 0.15) is 17.6 Å². The number of hydrogen-bond donors (Lipinski definition) is 2. The number of aromatic nitrogens is 1. The van der Waals surface area contributed by atoms with Gasteiger partial charge in [0.05, 0.1) is 16.5 Å². The molecule has 6 bridgehead atoms. The van der Waals surface area contributed by atoms with Crippen molar-refractivity contribution in [3.63, 3.8) is 0 Å². The zero-order chi connectivity index (χ0) is 31.4. The van der Waals surface area contributed by atoms with Gasteiger partial charge >= 0.3 is 0 Å². The first-order chi connectivity index (χ1) is 21.7. The molecule has 4 aromatic rings. The normalized spacial score (nSPS) is 19.3. The van der Waals surface area contributed by atoms with Crippen LogP contribution in [-0.2, 0) is 27.7 Å². The quantitative estimate of drug-likeness (QED) is 0.353. The van der Waals surface area contributed by atoms with Gasteiger partial charge in [-0.1, -0.05) is 36.4 Å². The van der Waals surface area contributed by atoms with Crippen molar-refractivity contribution in [3.05, 3.63) is 108 Å². The minimum absolute atomic E-state index is 0.128. The maximum absolute atomic E-state index is 13.6. The number of nitrogens with one attached hydrogen (secondary N) is 2. The summed E-state index contributed by atoms with van der Waals surface area (Å²) in [6.45, 7) is 2.07. The summed E-state index contributed by atoms with van der Waals surface area (Å²) in [5.74, 6) is 0.691. The minimum Gasteiger partial charge on any atom is -0.488 e. The zero-order valence-electron chi connectivity index (χ0n) is 24.8. The highest BCUT2D eigenvalue weighted by Gasteiger charge is 2.32. The maximum Gasteiger partial charge on any atom is 0.258 e. The number of rotatable bonds is 3. The van der Waals surface area contributed by atoms with Crippen molar-refractivity contribution in [1.82, 2.24) is 20.5 Å². The molecule has 10 nitrogen and oxygen atoms in total. The van der Waals surface area contributed by atoms with Crippen LogP contribution in [0.4, 0.5) is 0 Å². The first-order valence-corrected chi connectivity index (χ1v) is 16.6. The monoisotopic (exact) mass is 626 g/mol. The van der Waals surface area contributed by atoms with E-state index >= 15 is 0 Å². The lowest BCUT2D eigenvalue weighted by molar-refractivity contribution is -0.123. The summed E-state index contributed by atoms with van der Waals surface area (Å²) in [6, 6.07) is 23.2. The number of likely N-dealkylation sites (tertiary alicyclic amines) is 1. The number of hydrogen-bond acceptors (Lipinski definition) is 8. The van der Waals surface area contributed by atoms with Gasteiger partial charge in [0.25, 0.3) is 11.8 Å². The van der Waals surface area contributed by atoms with Crippen molar-refractivity contribution in [2.45, 2.75) is 36.6 Å². The summed E-state index contributed by atoms with van der Waals surface area (Å²) in [7, 11) is -3.28. The average molecular weight is 627 g/mol. The molecule has 0 aliphatic carbocycles. The second-order valence-electron chi connectivity index (χ2n) is 11.4. The Morgan fingerprint density at radius 2 is 1.69 bits per heavy atom. The van der Waals surface area contributed by atoms with Crippen LogP contribution in [0.1, 0.15) is 27.9 Å². The van der Waals surface area contributed by atoms with Crippen molar-refractivity contribution in [3.8, 4) is 22.6 Å². The van der Waals surface area contributed by atoms with Gasteiger partial charge in [-0.15, -0.1) is 0 Å². The molecule has 1 aromatic heterocycles. The lowest BCUT2D eigenvalue weighted by atomic mass is 10.00. The van der Waals surface area contributed by atoms with Crippen LogP contribution in [0.15, 0.2) is 96.2 Å². The second kappa shape index (κ2) is 13.1. The number of pyridine rings is 1. The molecule has 0 unspecified atom stereocenters. The number of ether oxygens (including phenoxy) is 2. The fraction of sp³-hybridized carbons (Fsp3) is 0.265. The molecule has 11 heteroatoms. The Hall–Kier alpha value is -4.74. The number of sulfone groups is 1. The lowest BCUT2D eigenvalue weighted by Gasteiger charge is -2.39. The van der Waals surface area contributed by atoms with E-state index in [1.54, 1.807) is 30.5 Å². The summed E-state index contributed by atoms with van der Waals surface area (Å²) < 4.78 is 35.9. The molecule has 2 atom stereocenters. The Morgan fingerprint density at radius 1 is 0.911 bits per heavy atom. The molecule has 3 aromatic carbocycles. The van der Waals surface area contributed by atoms with E-state index in [1.165, 1.54) is 12.5 Å². The van der Waals surface area contributed by atoms with E-state index in [0.717, 1.165) is 28.8 Å². The Bertz CT molecular complexity index is 1790. The number of benzene rings is 3. The number of nitrogens with zero attached hydrogens (tertiary/aromatic N) is 2. The number of fused-ring (bicyclic) bond motifs is 7. The molecule has 2 N–H and O–H groups in total. The van der Waals surface area contributed by atoms with Crippen molar-refractivity contribution in [2.24, 2.45) is 0 Å². The molecule has 3 aliphatic rings. The van der Waals surface area contributed by atoms with Crippen LogP contribution in [0.3, 0.4) is 0 Å². The number of amides is 2. The molecule has 0 radical (unpaired) electrons. The van der Waals surface area contributed by atoms with Gasteiger partial charge in [-0.05, 0) is 65.6 Å².